The van der Waals surface area contributed by atoms with E-state index in [1.54, 1.807) is 12.1 Å². The molecule has 0 spiro atoms. The molecular formula is C22H19NO7. The monoisotopic (exact) mass is 409 g/mol. The first-order valence-electron chi connectivity index (χ1n) is 9.46. The second-order valence-electron chi connectivity index (χ2n) is 7.79. The summed E-state index contributed by atoms with van der Waals surface area (Å²) in [5.74, 6) is -5.60. The molecule has 4 rings (SSSR count). The molecule has 1 aromatic rings. The van der Waals surface area contributed by atoms with E-state index in [9.17, 15) is 34.5 Å². The Labute approximate surface area is 171 Å². The Morgan fingerprint density at radius 3 is 2.53 bits per heavy atom. The minimum absolute atomic E-state index is 0.00421. The molecular weight excluding hydrogens is 390 g/mol. The number of aldehydes is 1. The number of aliphatic hydroxyl groups is 2. The number of allylic oxidation sites excluding steroid dienone is 4. The number of benzene rings is 1. The third-order valence-corrected chi connectivity index (χ3v) is 6.14. The van der Waals surface area contributed by atoms with Gasteiger partial charge >= 0.3 is 0 Å². The maximum atomic E-state index is 13.2. The highest BCUT2D eigenvalue weighted by molar-refractivity contribution is 6.22. The van der Waals surface area contributed by atoms with Crippen molar-refractivity contribution in [3.05, 3.63) is 57.6 Å². The van der Waals surface area contributed by atoms with E-state index in [0.717, 1.165) is 0 Å². The smallest absolute Gasteiger partial charge is 0.255 e. The Hall–Kier alpha value is -3.68. The van der Waals surface area contributed by atoms with Crippen LogP contribution in [0.1, 0.15) is 34.3 Å². The second-order valence-corrected chi connectivity index (χ2v) is 7.79. The van der Waals surface area contributed by atoms with Gasteiger partial charge in [0.05, 0.1) is 11.5 Å². The van der Waals surface area contributed by atoms with Crippen LogP contribution in [0.3, 0.4) is 0 Å². The summed E-state index contributed by atoms with van der Waals surface area (Å²) in [5.41, 5.74) is 5.60. The summed E-state index contributed by atoms with van der Waals surface area (Å²) in [4.78, 5) is 48.2. The second kappa shape index (κ2) is 6.98. The minimum atomic E-state index is -1.14. The molecule has 154 valence electrons. The lowest BCUT2D eigenvalue weighted by Gasteiger charge is -2.40. The number of phenols is 1. The zero-order valence-corrected chi connectivity index (χ0v) is 15.8. The van der Waals surface area contributed by atoms with Crippen molar-refractivity contribution in [2.45, 2.75) is 19.3 Å². The van der Waals surface area contributed by atoms with Crippen molar-refractivity contribution < 1.29 is 34.5 Å². The van der Waals surface area contributed by atoms with E-state index in [2.05, 4.69) is 0 Å². The van der Waals surface area contributed by atoms with Gasteiger partial charge in [-0.3, -0.25) is 19.2 Å². The Morgan fingerprint density at radius 2 is 1.87 bits per heavy atom. The number of ketones is 2. The lowest BCUT2D eigenvalue weighted by Crippen LogP contribution is -2.43. The van der Waals surface area contributed by atoms with Gasteiger partial charge in [-0.2, -0.15) is 0 Å². The molecule has 0 saturated carbocycles. The van der Waals surface area contributed by atoms with E-state index in [1.807, 2.05) is 0 Å². The first kappa shape index (κ1) is 19.6. The number of Topliss-reactive ketones (excluding diaryl/α,β-unsaturated/α-hetero) is 2. The molecule has 0 bridgehead atoms. The molecule has 0 aromatic heterocycles. The largest absolute Gasteiger partial charge is 0.511 e. The van der Waals surface area contributed by atoms with E-state index < -0.39 is 52.3 Å². The number of carbonyl (C=O) groups excluding carboxylic acids is 4. The summed E-state index contributed by atoms with van der Waals surface area (Å²) in [6.45, 7) is 0. The molecule has 30 heavy (non-hydrogen) atoms. The zero-order valence-electron chi connectivity index (χ0n) is 15.8. The number of hydrogen-bond donors (Lipinski definition) is 4. The lowest BCUT2D eigenvalue weighted by molar-refractivity contribution is -0.126. The lowest BCUT2D eigenvalue weighted by atomic mass is 9.62. The third-order valence-electron chi connectivity index (χ3n) is 6.14. The first-order chi connectivity index (χ1) is 14.3. The van der Waals surface area contributed by atoms with E-state index >= 15 is 0 Å². The summed E-state index contributed by atoms with van der Waals surface area (Å²) >= 11 is 0. The number of amides is 1. The molecule has 0 saturated heterocycles. The van der Waals surface area contributed by atoms with Gasteiger partial charge in [0.1, 0.15) is 29.1 Å². The number of phenolic OH excluding ortho intramolecular Hbond substituents is 1. The van der Waals surface area contributed by atoms with Crippen LogP contribution in [0.5, 0.6) is 5.75 Å². The molecule has 0 fully saturated rings. The van der Waals surface area contributed by atoms with Gasteiger partial charge in [-0.25, -0.2) is 0 Å². The Kier molecular flexibility index (Phi) is 4.57. The summed E-state index contributed by atoms with van der Waals surface area (Å²) < 4.78 is 0. The van der Waals surface area contributed by atoms with Gasteiger partial charge in [0.25, 0.3) is 5.91 Å². The van der Waals surface area contributed by atoms with Gasteiger partial charge < -0.3 is 21.1 Å². The minimum Gasteiger partial charge on any atom is -0.511 e. The summed E-state index contributed by atoms with van der Waals surface area (Å²) in [6.07, 6.45) is 3.81. The van der Waals surface area contributed by atoms with Crippen LogP contribution in [0, 0.1) is 17.8 Å². The van der Waals surface area contributed by atoms with Crippen LogP contribution < -0.4 is 5.73 Å². The highest BCUT2D eigenvalue weighted by atomic mass is 16.3. The number of primary amides is 1. The fraction of sp³-hybridized carbons (Fsp3) is 0.273. The number of nitrogens with two attached hydrogens (primary N) is 1. The van der Waals surface area contributed by atoms with Crippen molar-refractivity contribution in [1.29, 1.82) is 0 Å². The third kappa shape index (κ3) is 2.75. The van der Waals surface area contributed by atoms with Crippen molar-refractivity contribution in [3.8, 4) is 5.75 Å². The van der Waals surface area contributed by atoms with E-state index in [-0.39, 0.29) is 28.9 Å². The fourth-order valence-electron chi connectivity index (χ4n) is 4.91. The molecule has 3 atom stereocenters. The number of hydrogen-bond acceptors (Lipinski definition) is 7. The van der Waals surface area contributed by atoms with Crippen molar-refractivity contribution >= 4 is 29.8 Å². The molecule has 1 amide bonds. The number of aliphatic hydroxyl groups excluding tert-OH is 2. The summed E-state index contributed by atoms with van der Waals surface area (Å²) in [5, 5.41) is 31.6. The predicted octanol–water partition coefficient (Wildman–Crippen LogP) is 1.68. The van der Waals surface area contributed by atoms with Crippen LogP contribution in [-0.2, 0) is 20.8 Å². The molecule has 8 heteroatoms. The number of aromatic hydroxyl groups is 1. The first-order valence-corrected chi connectivity index (χ1v) is 9.46. The number of rotatable bonds is 3. The van der Waals surface area contributed by atoms with E-state index in [4.69, 9.17) is 5.73 Å². The highest BCUT2D eigenvalue weighted by Crippen LogP contribution is 2.49. The predicted molar refractivity (Wildman–Crippen MR) is 104 cm³/mol. The van der Waals surface area contributed by atoms with Gasteiger partial charge in [-0.05, 0) is 42.4 Å². The molecule has 1 aromatic carbocycles. The number of carbonyl (C=O) groups is 4. The molecule has 3 aliphatic carbocycles. The van der Waals surface area contributed by atoms with Crippen LogP contribution in [0.4, 0.5) is 0 Å². The van der Waals surface area contributed by atoms with Crippen molar-refractivity contribution in [1.82, 2.24) is 0 Å². The Balaban J connectivity index is 1.83. The van der Waals surface area contributed by atoms with Gasteiger partial charge in [0.2, 0.25) is 0 Å². The van der Waals surface area contributed by atoms with Crippen LogP contribution in [-0.4, -0.2) is 39.1 Å². The fourth-order valence-corrected chi connectivity index (χ4v) is 4.91. The molecule has 8 nitrogen and oxygen atoms in total. The quantitative estimate of drug-likeness (QED) is 0.336. The van der Waals surface area contributed by atoms with Crippen molar-refractivity contribution in [2.75, 3.05) is 0 Å². The number of fused-ring (bicyclic) bond motifs is 3. The maximum absolute atomic E-state index is 13.2. The van der Waals surface area contributed by atoms with Crippen LogP contribution in [0.15, 0.2) is 40.9 Å². The summed E-state index contributed by atoms with van der Waals surface area (Å²) in [7, 11) is 0. The van der Waals surface area contributed by atoms with Gasteiger partial charge in [-0.15, -0.1) is 0 Å². The average molecular weight is 409 g/mol. The zero-order chi connectivity index (χ0) is 21.7. The summed E-state index contributed by atoms with van der Waals surface area (Å²) in [6, 6.07) is 3.28. The topological polar surface area (TPSA) is 155 Å². The molecule has 0 heterocycles. The van der Waals surface area contributed by atoms with E-state index in [1.165, 1.54) is 12.2 Å². The molecule has 0 radical (unpaired) electrons. The van der Waals surface area contributed by atoms with E-state index in [0.29, 0.717) is 24.7 Å². The van der Waals surface area contributed by atoms with Crippen LogP contribution in [0.25, 0.3) is 6.08 Å². The SMILES string of the molecule is NC(=O)C1=C(O)CC2CC3Cc4ccc(/C=C/C=O)c(O)c4C(=O)C3=C(O)C2C1=O. The van der Waals surface area contributed by atoms with Crippen molar-refractivity contribution in [2.24, 2.45) is 23.5 Å². The van der Waals surface area contributed by atoms with Crippen molar-refractivity contribution in [3.63, 3.8) is 0 Å². The standard InChI is InChI=1S/C22H19NO7/c23-22(30)17-13(25)8-12-7-11-6-10-4-3-9(2-1-5-24)18(26)14(10)19(27)15(11)20(28)16(12)21(17)29/h1-5,11-12,16,25-26,28H,6-8H2,(H2,23,30)/b2-1+. The Morgan fingerprint density at radius 1 is 1.13 bits per heavy atom. The van der Waals surface area contributed by atoms with Gasteiger partial charge in [0, 0.05) is 17.6 Å². The van der Waals surface area contributed by atoms with Gasteiger partial charge in [0.15, 0.2) is 11.6 Å². The van der Waals surface area contributed by atoms with Gasteiger partial charge in [-0.1, -0.05) is 12.1 Å². The molecule has 5 N–H and O–H groups in total. The van der Waals surface area contributed by atoms with Crippen LogP contribution >= 0.6 is 0 Å². The highest BCUT2D eigenvalue weighted by Gasteiger charge is 2.50. The molecule has 0 aliphatic heterocycles. The average Bonchev–Trinajstić information content (AvgIpc) is 2.66. The Bertz CT molecular complexity index is 1110. The molecule has 3 unspecified atom stereocenters. The van der Waals surface area contributed by atoms with Crippen LogP contribution in [0.2, 0.25) is 0 Å². The normalized spacial score (nSPS) is 25.8. The maximum Gasteiger partial charge on any atom is 0.255 e. The molecule has 3 aliphatic rings.